The molecule has 4 heteroatoms. The van der Waals surface area contributed by atoms with Crippen LogP contribution in [0.25, 0.3) is 11.4 Å². The number of nitrogens with zero attached hydrogens (tertiary/aromatic N) is 2. The van der Waals surface area contributed by atoms with E-state index in [0.29, 0.717) is 13.0 Å². The maximum absolute atomic E-state index is 10.9. The Morgan fingerprint density at radius 1 is 1.21 bits per heavy atom. The molecule has 2 heterocycles. The summed E-state index contributed by atoms with van der Waals surface area (Å²) in [4.78, 5) is 19.5. The molecule has 0 aliphatic heterocycles. The first-order valence-corrected chi connectivity index (χ1v) is 5.95. The third kappa shape index (κ3) is 3.74. The van der Waals surface area contributed by atoms with Crippen molar-refractivity contribution in [1.82, 2.24) is 9.97 Å². The van der Waals surface area contributed by atoms with Gasteiger partial charge in [0.2, 0.25) is 0 Å². The van der Waals surface area contributed by atoms with Gasteiger partial charge in [0.1, 0.15) is 0 Å². The minimum Gasteiger partial charge on any atom is -0.462 e. The Bertz CT molecular complexity index is 550. The molecule has 2 rings (SSSR count). The maximum Gasteiger partial charge on any atom is 0.330 e. The van der Waals surface area contributed by atoms with Gasteiger partial charge in [-0.3, -0.25) is 9.97 Å². The number of hydrogen-bond acceptors (Lipinski definition) is 4. The predicted octanol–water partition coefficient (Wildman–Crippen LogP) is 2.42. The van der Waals surface area contributed by atoms with Crippen LogP contribution in [0.1, 0.15) is 5.56 Å². The van der Waals surface area contributed by atoms with Crippen LogP contribution in [0.5, 0.6) is 0 Å². The van der Waals surface area contributed by atoms with Crippen molar-refractivity contribution in [3.05, 3.63) is 60.9 Å². The van der Waals surface area contributed by atoms with Crippen LogP contribution in [0.4, 0.5) is 0 Å². The van der Waals surface area contributed by atoms with Crippen LogP contribution < -0.4 is 0 Å². The van der Waals surface area contributed by atoms with Gasteiger partial charge in [-0.25, -0.2) is 4.79 Å². The van der Waals surface area contributed by atoms with Crippen molar-refractivity contribution < 1.29 is 9.53 Å². The second-order valence-electron chi connectivity index (χ2n) is 3.89. The first-order chi connectivity index (χ1) is 9.29. The summed E-state index contributed by atoms with van der Waals surface area (Å²) in [6.45, 7) is 3.67. The van der Waals surface area contributed by atoms with Crippen molar-refractivity contribution in [3.8, 4) is 11.4 Å². The summed E-state index contributed by atoms with van der Waals surface area (Å²) in [5, 5.41) is 0. The van der Waals surface area contributed by atoms with E-state index in [1.165, 1.54) is 0 Å². The van der Waals surface area contributed by atoms with E-state index in [2.05, 4.69) is 16.5 Å². The van der Waals surface area contributed by atoms with Crippen molar-refractivity contribution in [2.24, 2.45) is 0 Å². The molecular weight excluding hydrogens is 240 g/mol. The van der Waals surface area contributed by atoms with E-state index in [4.69, 9.17) is 4.74 Å². The minimum absolute atomic E-state index is 0.329. The van der Waals surface area contributed by atoms with Crippen LogP contribution in [-0.4, -0.2) is 22.5 Å². The number of rotatable bonds is 5. The number of carbonyl (C=O) groups excluding carboxylic acids is 1. The van der Waals surface area contributed by atoms with Gasteiger partial charge in [-0.1, -0.05) is 18.7 Å². The van der Waals surface area contributed by atoms with Gasteiger partial charge in [-0.05, 0) is 23.8 Å². The molecule has 0 spiro atoms. The van der Waals surface area contributed by atoms with E-state index in [9.17, 15) is 4.79 Å². The monoisotopic (exact) mass is 254 g/mol. The average Bonchev–Trinajstić information content (AvgIpc) is 2.48. The quantitative estimate of drug-likeness (QED) is 0.607. The lowest BCUT2D eigenvalue weighted by Crippen LogP contribution is -2.04. The van der Waals surface area contributed by atoms with E-state index >= 15 is 0 Å². The summed E-state index contributed by atoms with van der Waals surface area (Å²) >= 11 is 0. The third-order valence-electron chi connectivity index (χ3n) is 2.55. The topological polar surface area (TPSA) is 52.1 Å². The van der Waals surface area contributed by atoms with Gasteiger partial charge in [-0.15, -0.1) is 0 Å². The van der Waals surface area contributed by atoms with Crippen LogP contribution in [0.2, 0.25) is 0 Å². The maximum atomic E-state index is 10.9. The lowest BCUT2D eigenvalue weighted by molar-refractivity contribution is -0.137. The van der Waals surface area contributed by atoms with Crippen LogP contribution in [0.3, 0.4) is 0 Å². The number of carbonyl (C=O) groups is 1. The Morgan fingerprint density at radius 2 is 2.05 bits per heavy atom. The Morgan fingerprint density at radius 3 is 2.68 bits per heavy atom. The summed E-state index contributed by atoms with van der Waals surface area (Å²) < 4.78 is 4.91. The van der Waals surface area contributed by atoms with E-state index in [1.807, 2.05) is 30.3 Å². The van der Waals surface area contributed by atoms with E-state index in [0.717, 1.165) is 23.0 Å². The largest absolute Gasteiger partial charge is 0.462 e. The molecule has 0 saturated carbocycles. The fourth-order valence-electron chi connectivity index (χ4n) is 1.57. The zero-order valence-corrected chi connectivity index (χ0v) is 10.5. The summed E-state index contributed by atoms with van der Waals surface area (Å²) in [6, 6.07) is 9.57. The van der Waals surface area contributed by atoms with E-state index in [1.54, 1.807) is 12.4 Å². The van der Waals surface area contributed by atoms with Crippen LogP contribution >= 0.6 is 0 Å². The molecule has 4 nitrogen and oxygen atoms in total. The number of aromatic nitrogens is 2. The van der Waals surface area contributed by atoms with Crippen LogP contribution in [0, 0.1) is 0 Å². The molecule has 0 saturated heterocycles. The first-order valence-electron chi connectivity index (χ1n) is 5.95. The summed E-state index contributed by atoms with van der Waals surface area (Å²) in [6.07, 6.45) is 5.29. The van der Waals surface area contributed by atoms with Crippen LogP contribution in [0.15, 0.2) is 55.4 Å². The molecule has 0 fully saturated rings. The van der Waals surface area contributed by atoms with E-state index in [-0.39, 0.29) is 0 Å². The summed E-state index contributed by atoms with van der Waals surface area (Å²) in [5.41, 5.74) is 2.68. The SMILES string of the molecule is C=CC(=O)OCCc1ccc(-c2ccccn2)nc1. The Hall–Kier alpha value is -2.49. The highest BCUT2D eigenvalue weighted by Gasteiger charge is 2.01. The number of ether oxygens (including phenoxy) is 1. The minimum atomic E-state index is -0.405. The van der Waals surface area contributed by atoms with Gasteiger partial charge >= 0.3 is 5.97 Å². The van der Waals surface area contributed by atoms with Crippen molar-refractivity contribution in [1.29, 1.82) is 0 Å². The van der Waals surface area contributed by atoms with Gasteiger partial charge in [0.15, 0.2) is 0 Å². The van der Waals surface area contributed by atoms with Crippen molar-refractivity contribution >= 4 is 5.97 Å². The van der Waals surface area contributed by atoms with Gasteiger partial charge in [-0.2, -0.15) is 0 Å². The smallest absolute Gasteiger partial charge is 0.330 e. The molecule has 0 unspecified atom stereocenters. The second-order valence-corrected chi connectivity index (χ2v) is 3.89. The van der Waals surface area contributed by atoms with Crippen molar-refractivity contribution in [2.75, 3.05) is 6.61 Å². The van der Waals surface area contributed by atoms with Gasteiger partial charge in [0.05, 0.1) is 18.0 Å². The molecule has 2 aromatic heterocycles. The normalized spacial score (nSPS) is 9.89. The summed E-state index contributed by atoms with van der Waals surface area (Å²) in [7, 11) is 0. The Labute approximate surface area is 111 Å². The van der Waals surface area contributed by atoms with Gasteiger partial charge in [0, 0.05) is 24.9 Å². The molecule has 0 bridgehead atoms. The number of esters is 1. The van der Waals surface area contributed by atoms with E-state index < -0.39 is 5.97 Å². The molecule has 0 atom stereocenters. The van der Waals surface area contributed by atoms with Gasteiger partial charge < -0.3 is 4.74 Å². The molecule has 0 aliphatic carbocycles. The van der Waals surface area contributed by atoms with Crippen molar-refractivity contribution in [3.63, 3.8) is 0 Å². The average molecular weight is 254 g/mol. The third-order valence-corrected chi connectivity index (χ3v) is 2.55. The second kappa shape index (κ2) is 6.44. The lowest BCUT2D eigenvalue weighted by atomic mass is 10.2. The molecule has 0 aliphatic rings. The molecular formula is C15H14N2O2. The Kier molecular flexibility index (Phi) is 4.39. The van der Waals surface area contributed by atoms with Gasteiger partial charge in [0.25, 0.3) is 0 Å². The zero-order chi connectivity index (χ0) is 13.5. The molecule has 0 amide bonds. The standard InChI is InChI=1S/C15H14N2O2/c1-2-15(18)19-10-8-12-6-7-14(17-11-12)13-5-3-4-9-16-13/h2-7,9,11H,1,8,10H2. The van der Waals surface area contributed by atoms with Crippen molar-refractivity contribution in [2.45, 2.75) is 6.42 Å². The highest BCUT2D eigenvalue weighted by atomic mass is 16.5. The molecule has 0 radical (unpaired) electrons. The molecule has 96 valence electrons. The molecule has 0 N–H and O–H groups in total. The lowest BCUT2D eigenvalue weighted by Gasteiger charge is -2.03. The molecule has 19 heavy (non-hydrogen) atoms. The number of pyridine rings is 2. The highest BCUT2D eigenvalue weighted by Crippen LogP contribution is 2.13. The molecule has 2 aromatic rings. The summed E-state index contributed by atoms with van der Waals surface area (Å²) in [5.74, 6) is -0.405. The fourth-order valence-corrected chi connectivity index (χ4v) is 1.57. The van der Waals surface area contributed by atoms with Crippen LogP contribution in [-0.2, 0) is 16.0 Å². The zero-order valence-electron chi connectivity index (χ0n) is 10.5. The number of hydrogen-bond donors (Lipinski definition) is 0. The first kappa shape index (κ1) is 13.0. The fraction of sp³-hybridized carbons (Fsp3) is 0.133. The highest BCUT2D eigenvalue weighted by molar-refractivity contribution is 5.81. The molecule has 0 aromatic carbocycles. The predicted molar refractivity (Wildman–Crippen MR) is 72.3 cm³/mol. The Balaban J connectivity index is 1.95.